The molecular formula is C33H24. The highest BCUT2D eigenvalue weighted by Crippen LogP contribution is 2.43. The lowest BCUT2D eigenvalue weighted by molar-refractivity contribution is 1.47. The van der Waals surface area contributed by atoms with Crippen molar-refractivity contribution < 1.29 is 0 Å². The maximum absolute atomic E-state index is 2.27. The van der Waals surface area contributed by atoms with Gasteiger partial charge in [-0.05, 0) is 61.8 Å². The fraction of sp³-hybridized carbons (Fsp3) is 0.0303. The summed E-state index contributed by atoms with van der Waals surface area (Å²) >= 11 is 0. The van der Waals surface area contributed by atoms with Crippen LogP contribution in [-0.2, 0) is 0 Å². The van der Waals surface area contributed by atoms with E-state index in [9.17, 15) is 0 Å². The highest BCUT2D eigenvalue weighted by molar-refractivity contribution is 6.21. The Labute approximate surface area is 194 Å². The fourth-order valence-electron chi connectivity index (χ4n) is 4.93. The molecule has 0 fully saturated rings. The molecular weight excluding hydrogens is 396 g/mol. The largest absolute Gasteiger partial charge is 0.0622 e. The zero-order valence-electron chi connectivity index (χ0n) is 18.6. The molecule has 0 aliphatic rings. The summed E-state index contributed by atoms with van der Waals surface area (Å²) in [5, 5.41) is 5.16. The molecule has 0 spiro atoms. The van der Waals surface area contributed by atoms with E-state index >= 15 is 0 Å². The first-order valence-electron chi connectivity index (χ1n) is 11.5. The molecule has 0 N–H and O–H groups in total. The Morgan fingerprint density at radius 1 is 0.303 bits per heavy atom. The van der Waals surface area contributed by atoms with Gasteiger partial charge in [0.05, 0.1) is 0 Å². The Morgan fingerprint density at radius 3 is 1.09 bits per heavy atom. The predicted molar refractivity (Wildman–Crippen MR) is 142 cm³/mol. The fourth-order valence-corrected chi connectivity index (χ4v) is 4.93. The molecule has 33 heavy (non-hydrogen) atoms. The highest BCUT2D eigenvalue weighted by Gasteiger charge is 2.16. The van der Waals surface area contributed by atoms with E-state index < -0.39 is 0 Å². The van der Waals surface area contributed by atoms with Crippen molar-refractivity contribution in [3.8, 4) is 33.4 Å². The maximum Gasteiger partial charge on any atom is -0.00264 e. The lowest BCUT2D eigenvalue weighted by atomic mass is 9.86. The van der Waals surface area contributed by atoms with Crippen LogP contribution >= 0.6 is 0 Å². The molecule has 0 heteroatoms. The SMILES string of the molecule is Cc1ccc(-c2ccc(-c3c4ccccc4c(-c4ccccc4)c4ccccc34)cc2)cc1. The van der Waals surface area contributed by atoms with Crippen LogP contribution in [-0.4, -0.2) is 0 Å². The topological polar surface area (TPSA) is 0 Å². The number of fused-ring (bicyclic) bond motifs is 2. The molecule has 0 bridgehead atoms. The van der Waals surface area contributed by atoms with Crippen molar-refractivity contribution in [1.82, 2.24) is 0 Å². The van der Waals surface area contributed by atoms with Crippen molar-refractivity contribution in [2.24, 2.45) is 0 Å². The van der Waals surface area contributed by atoms with Crippen LogP contribution < -0.4 is 0 Å². The second-order valence-electron chi connectivity index (χ2n) is 8.65. The first kappa shape index (κ1) is 19.5. The summed E-state index contributed by atoms with van der Waals surface area (Å²) in [6, 6.07) is 46.2. The van der Waals surface area contributed by atoms with Crippen LogP contribution in [0.2, 0.25) is 0 Å². The molecule has 0 amide bonds. The lowest BCUT2D eigenvalue weighted by Gasteiger charge is -2.18. The average molecular weight is 421 g/mol. The van der Waals surface area contributed by atoms with Gasteiger partial charge < -0.3 is 0 Å². The van der Waals surface area contributed by atoms with Crippen molar-refractivity contribution in [3.05, 3.63) is 133 Å². The first-order chi connectivity index (χ1) is 16.3. The molecule has 156 valence electrons. The predicted octanol–water partition coefficient (Wildman–Crippen LogP) is 9.30. The Kier molecular flexibility index (Phi) is 4.78. The van der Waals surface area contributed by atoms with Crippen LogP contribution in [0.4, 0.5) is 0 Å². The molecule has 0 saturated heterocycles. The molecule has 0 unspecified atom stereocenters. The number of hydrogen-bond donors (Lipinski definition) is 0. The third-order valence-electron chi connectivity index (χ3n) is 6.55. The van der Waals surface area contributed by atoms with E-state index in [1.165, 1.54) is 60.5 Å². The van der Waals surface area contributed by atoms with Crippen molar-refractivity contribution in [3.63, 3.8) is 0 Å². The van der Waals surface area contributed by atoms with E-state index in [-0.39, 0.29) is 0 Å². The molecule has 0 heterocycles. The number of rotatable bonds is 3. The Bertz CT molecular complexity index is 1520. The molecule has 0 aromatic heterocycles. The second kappa shape index (κ2) is 8.07. The summed E-state index contributed by atoms with van der Waals surface area (Å²) in [7, 11) is 0. The third-order valence-corrected chi connectivity index (χ3v) is 6.55. The van der Waals surface area contributed by atoms with Crippen molar-refractivity contribution in [2.75, 3.05) is 0 Å². The molecule has 0 aliphatic heterocycles. The van der Waals surface area contributed by atoms with E-state index in [2.05, 4.69) is 134 Å². The van der Waals surface area contributed by atoms with Gasteiger partial charge in [0.15, 0.2) is 0 Å². The van der Waals surface area contributed by atoms with Crippen LogP contribution in [0.25, 0.3) is 54.9 Å². The van der Waals surface area contributed by atoms with E-state index in [0.717, 1.165) is 0 Å². The van der Waals surface area contributed by atoms with Gasteiger partial charge in [-0.2, -0.15) is 0 Å². The summed E-state index contributed by atoms with van der Waals surface area (Å²) in [5.41, 5.74) is 8.89. The standard InChI is InChI=1S/C33H24/c1-23-15-17-24(18-16-23)25-19-21-27(22-20-25)33-30-13-7-5-11-28(30)32(26-9-3-2-4-10-26)29-12-6-8-14-31(29)33/h2-22H,1H3. The van der Waals surface area contributed by atoms with Gasteiger partial charge in [-0.25, -0.2) is 0 Å². The van der Waals surface area contributed by atoms with Crippen LogP contribution in [0, 0.1) is 6.92 Å². The van der Waals surface area contributed by atoms with Gasteiger partial charge in [-0.3, -0.25) is 0 Å². The van der Waals surface area contributed by atoms with Gasteiger partial charge in [-0.1, -0.05) is 133 Å². The third kappa shape index (κ3) is 3.41. The number of aryl methyl sites for hydroxylation is 1. The smallest absolute Gasteiger partial charge is 0.00264 e. The van der Waals surface area contributed by atoms with E-state index in [1.54, 1.807) is 0 Å². The van der Waals surface area contributed by atoms with Crippen LogP contribution in [0.15, 0.2) is 127 Å². The van der Waals surface area contributed by atoms with Gasteiger partial charge in [0.2, 0.25) is 0 Å². The lowest BCUT2D eigenvalue weighted by Crippen LogP contribution is -1.90. The maximum atomic E-state index is 2.27. The van der Waals surface area contributed by atoms with Gasteiger partial charge in [-0.15, -0.1) is 0 Å². The Balaban J connectivity index is 1.61. The Hall–Kier alpha value is -4.16. The van der Waals surface area contributed by atoms with Crippen molar-refractivity contribution in [2.45, 2.75) is 6.92 Å². The molecule has 6 rings (SSSR count). The minimum atomic E-state index is 1.24. The summed E-state index contributed by atoms with van der Waals surface area (Å²) in [6.07, 6.45) is 0. The van der Waals surface area contributed by atoms with E-state index in [1.807, 2.05) is 0 Å². The molecule has 0 aliphatic carbocycles. The van der Waals surface area contributed by atoms with Gasteiger partial charge in [0.1, 0.15) is 0 Å². The molecule has 0 saturated carbocycles. The molecule has 6 aromatic carbocycles. The van der Waals surface area contributed by atoms with Crippen LogP contribution in [0.1, 0.15) is 5.56 Å². The van der Waals surface area contributed by atoms with Crippen LogP contribution in [0.3, 0.4) is 0 Å². The second-order valence-corrected chi connectivity index (χ2v) is 8.65. The zero-order valence-corrected chi connectivity index (χ0v) is 18.6. The van der Waals surface area contributed by atoms with Gasteiger partial charge in [0.25, 0.3) is 0 Å². The minimum Gasteiger partial charge on any atom is -0.0622 e. The summed E-state index contributed by atoms with van der Waals surface area (Å²) in [6.45, 7) is 2.13. The van der Waals surface area contributed by atoms with Gasteiger partial charge >= 0.3 is 0 Å². The minimum absolute atomic E-state index is 1.24. The first-order valence-corrected chi connectivity index (χ1v) is 11.5. The van der Waals surface area contributed by atoms with Gasteiger partial charge in [0, 0.05) is 0 Å². The number of benzene rings is 6. The summed E-state index contributed by atoms with van der Waals surface area (Å²) in [4.78, 5) is 0. The van der Waals surface area contributed by atoms with E-state index in [4.69, 9.17) is 0 Å². The van der Waals surface area contributed by atoms with Crippen molar-refractivity contribution >= 4 is 21.5 Å². The molecule has 0 atom stereocenters. The van der Waals surface area contributed by atoms with Crippen molar-refractivity contribution in [1.29, 1.82) is 0 Å². The Morgan fingerprint density at radius 2 is 0.636 bits per heavy atom. The molecule has 6 aromatic rings. The number of hydrogen-bond acceptors (Lipinski definition) is 0. The molecule has 0 radical (unpaired) electrons. The van der Waals surface area contributed by atoms with E-state index in [0.29, 0.717) is 0 Å². The normalized spacial score (nSPS) is 11.2. The highest BCUT2D eigenvalue weighted by atomic mass is 14.2. The summed E-state index contributed by atoms with van der Waals surface area (Å²) < 4.78 is 0. The zero-order chi connectivity index (χ0) is 22.2. The summed E-state index contributed by atoms with van der Waals surface area (Å²) in [5.74, 6) is 0. The van der Waals surface area contributed by atoms with Crippen LogP contribution in [0.5, 0.6) is 0 Å². The monoisotopic (exact) mass is 420 g/mol. The molecule has 0 nitrogen and oxygen atoms in total. The quantitative estimate of drug-likeness (QED) is 0.250. The average Bonchev–Trinajstić information content (AvgIpc) is 2.88.